The molecule has 11 heteroatoms. The maximum absolute atomic E-state index is 13.1. The second-order valence-corrected chi connectivity index (χ2v) is 8.28. The van der Waals surface area contributed by atoms with Crippen molar-refractivity contribution in [2.24, 2.45) is 7.05 Å². The highest BCUT2D eigenvalue weighted by Crippen LogP contribution is 2.30. The molecular weight excluding hydrogens is 410 g/mol. The lowest BCUT2D eigenvalue weighted by atomic mass is 10.1. The number of ether oxygens (including phenoxy) is 1. The summed E-state index contributed by atoms with van der Waals surface area (Å²) in [6, 6.07) is 5.86. The van der Waals surface area contributed by atoms with Crippen LogP contribution in [0.3, 0.4) is 0 Å². The zero-order valence-corrected chi connectivity index (χ0v) is 17.8. The van der Waals surface area contributed by atoms with Crippen molar-refractivity contribution in [2.75, 3.05) is 17.7 Å². The van der Waals surface area contributed by atoms with Crippen LogP contribution < -0.4 is 16.0 Å². The summed E-state index contributed by atoms with van der Waals surface area (Å²) in [7, 11) is 3.68. The van der Waals surface area contributed by atoms with E-state index >= 15 is 0 Å². The molecule has 0 radical (unpaired) electrons. The van der Waals surface area contributed by atoms with Gasteiger partial charge in [0, 0.05) is 20.2 Å². The third-order valence-electron chi connectivity index (χ3n) is 6.24. The van der Waals surface area contributed by atoms with Gasteiger partial charge in [0.05, 0.1) is 41.8 Å². The molecule has 1 aromatic carbocycles. The van der Waals surface area contributed by atoms with Crippen LogP contribution in [0.5, 0.6) is 0 Å². The molecular formula is C21H23N9O2. The number of anilines is 3. The Morgan fingerprint density at radius 1 is 1.25 bits per heavy atom. The standard InChI is InChI=1S/C21H23N9O2/c1-22-14-8-18-24-13-6-11(7-15-19(13)26-28-29(15)2)10-32-17-5-3-4-12(17)25-21(31)16-9-23-20(14)30(16)27-18/h6-9,12,17,22H,3-5,10H2,1-2H3,(H,24,27)(H,25,31)/t12-,17-/m1/s1. The molecule has 11 nitrogen and oxygen atoms in total. The van der Waals surface area contributed by atoms with Gasteiger partial charge in [-0.2, -0.15) is 0 Å². The molecule has 4 heterocycles. The molecule has 164 valence electrons. The minimum Gasteiger partial charge on any atom is -0.385 e. The summed E-state index contributed by atoms with van der Waals surface area (Å²) in [5.74, 6) is 0.339. The van der Waals surface area contributed by atoms with Crippen molar-refractivity contribution in [1.29, 1.82) is 0 Å². The van der Waals surface area contributed by atoms with Crippen LogP contribution in [0.1, 0.15) is 35.3 Å². The summed E-state index contributed by atoms with van der Waals surface area (Å²) < 4.78 is 9.58. The van der Waals surface area contributed by atoms with E-state index < -0.39 is 0 Å². The minimum atomic E-state index is -0.211. The molecule has 32 heavy (non-hydrogen) atoms. The van der Waals surface area contributed by atoms with Crippen molar-refractivity contribution in [1.82, 2.24) is 34.9 Å². The molecule has 2 aliphatic rings. The molecule has 0 unspecified atom stereocenters. The van der Waals surface area contributed by atoms with Crippen LogP contribution in [0, 0.1) is 0 Å². The van der Waals surface area contributed by atoms with Crippen LogP contribution in [0.15, 0.2) is 24.4 Å². The van der Waals surface area contributed by atoms with Crippen LogP contribution in [-0.4, -0.2) is 54.7 Å². The second kappa shape index (κ2) is 7.16. The normalized spacial score (nSPS) is 20.8. The number of carbonyl (C=O) groups excluding carboxylic acids is 1. The monoisotopic (exact) mass is 433 g/mol. The average molecular weight is 433 g/mol. The molecule has 0 saturated heterocycles. The van der Waals surface area contributed by atoms with Crippen molar-refractivity contribution < 1.29 is 9.53 Å². The van der Waals surface area contributed by atoms with Crippen molar-refractivity contribution in [3.8, 4) is 0 Å². The average Bonchev–Trinajstić information content (AvgIpc) is 3.50. The third kappa shape index (κ3) is 2.96. The van der Waals surface area contributed by atoms with E-state index in [1.54, 1.807) is 15.4 Å². The van der Waals surface area contributed by atoms with Crippen LogP contribution in [0.25, 0.3) is 16.7 Å². The van der Waals surface area contributed by atoms with Crippen LogP contribution in [-0.2, 0) is 18.4 Å². The number of nitrogens with one attached hydrogen (secondary N) is 3. The summed E-state index contributed by atoms with van der Waals surface area (Å²) >= 11 is 0. The fourth-order valence-electron chi connectivity index (χ4n) is 4.61. The molecule has 1 amide bonds. The summed E-state index contributed by atoms with van der Waals surface area (Å²) in [4.78, 5) is 17.5. The smallest absolute Gasteiger partial charge is 0.271 e. The van der Waals surface area contributed by atoms with Gasteiger partial charge in [-0.25, -0.2) is 14.2 Å². The Labute approximate surface area is 183 Å². The number of fused-ring (bicyclic) bond motifs is 6. The quantitative estimate of drug-likeness (QED) is 0.416. The molecule has 1 fully saturated rings. The molecule has 1 aliphatic heterocycles. The molecule has 3 N–H and O–H groups in total. The minimum absolute atomic E-state index is 0.0470. The zero-order chi connectivity index (χ0) is 21.8. The number of rotatable bonds is 1. The molecule has 6 rings (SSSR count). The Kier molecular flexibility index (Phi) is 4.25. The maximum Gasteiger partial charge on any atom is 0.271 e. The van der Waals surface area contributed by atoms with Gasteiger partial charge in [0.25, 0.3) is 5.91 Å². The number of amides is 1. The second-order valence-electron chi connectivity index (χ2n) is 8.28. The van der Waals surface area contributed by atoms with Crippen LogP contribution in [0.2, 0.25) is 0 Å². The lowest BCUT2D eigenvalue weighted by Crippen LogP contribution is -2.41. The SMILES string of the molecule is CNc1cc2nn3c(cnc13)C(=O)N[C@@H]1CCC[C@H]1OCc1cc(c3nnn(C)c3c1)N2. The highest BCUT2D eigenvalue weighted by Gasteiger charge is 2.31. The van der Waals surface area contributed by atoms with Crippen molar-refractivity contribution in [2.45, 2.75) is 38.0 Å². The molecule has 4 bridgehead atoms. The predicted octanol–water partition coefficient (Wildman–Crippen LogP) is 1.98. The number of imidazole rings is 1. The zero-order valence-electron chi connectivity index (χ0n) is 17.8. The Hall–Kier alpha value is -3.73. The summed E-state index contributed by atoms with van der Waals surface area (Å²) in [5, 5.41) is 22.8. The Morgan fingerprint density at radius 3 is 3.03 bits per heavy atom. The highest BCUT2D eigenvalue weighted by molar-refractivity contribution is 5.94. The number of hydrogen-bond donors (Lipinski definition) is 3. The fraction of sp³-hybridized carbons (Fsp3) is 0.381. The van der Waals surface area contributed by atoms with Gasteiger partial charge >= 0.3 is 0 Å². The number of hydrogen-bond acceptors (Lipinski definition) is 8. The Balaban J connectivity index is 1.56. The highest BCUT2D eigenvalue weighted by atomic mass is 16.5. The molecule has 2 atom stereocenters. The number of nitrogens with zero attached hydrogens (tertiary/aromatic N) is 6. The lowest BCUT2D eigenvalue weighted by molar-refractivity contribution is 0.0271. The van der Waals surface area contributed by atoms with Crippen molar-refractivity contribution in [3.05, 3.63) is 35.7 Å². The molecule has 1 aliphatic carbocycles. The summed E-state index contributed by atoms with van der Waals surface area (Å²) in [6.45, 7) is 0.430. The third-order valence-corrected chi connectivity index (χ3v) is 6.24. The number of benzene rings is 1. The maximum atomic E-state index is 13.1. The number of aryl methyl sites for hydroxylation is 1. The molecule has 1 saturated carbocycles. The summed E-state index contributed by atoms with van der Waals surface area (Å²) in [6.07, 6.45) is 4.30. The van der Waals surface area contributed by atoms with E-state index in [1.807, 2.05) is 32.3 Å². The predicted molar refractivity (Wildman–Crippen MR) is 118 cm³/mol. The van der Waals surface area contributed by atoms with Gasteiger partial charge < -0.3 is 20.7 Å². The van der Waals surface area contributed by atoms with E-state index in [0.29, 0.717) is 23.8 Å². The summed E-state index contributed by atoms with van der Waals surface area (Å²) in [5.41, 5.74) is 5.11. The van der Waals surface area contributed by atoms with Crippen LogP contribution in [0.4, 0.5) is 17.2 Å². The van der Waals surface area contributed by atoms with E-state index in [2.05, 4.69) is 36.3 Å². The van der Waals surface area contributed by atoms with Gasteiger partial charge in [-0.3, -0.25) is 4.79 Å². The number of aromatic nitrogens is 6. The first kappa shape index (κ1) is 19.0. The van der Waals surface area contributed by atoms with E-state index in [0.717, 1.165) is 47.2 Å². The Bertz CT molecular complexity index is 1360. The van der Waals surface area contributed by atoms with Gasteiger partial charge in [-0.1, -0.05) is 5.21 Å². The first-order valence-electron chi connectivity index (χ1n) is 10.7. The van der Waals surface area contributed by atoms with E-state index in [1.165, 1.54) is 0 Å². The van der Waals surface area contributed by atoms with Crippen molar-refractivity contribution in [3.63, 3.8) is 0 Å². The van der Waals surface area contributed by atoms with Gasteiger partial charge in [-0.05, 0) is 37.0 Å². The largest absolute Gasteiger partial charge is 0.385 e. The molecule has 0 spiro atoms. The van der Waals surface area contributed by atoms with Gasteiger partial charge in [0.15, 0.2) is 17.2 Å². The van der Waals surface area contributed by atoms with Gasteiger partial charge in [-0.15, -0.1) is 10.2 Å². The van der Waals surface area contributed by atoms with Gasteiger partial charge in [0.1, 0.15) is 5.52 Å². The fourth-order valence-corrected chi connectivity index (χ4v) is 4.61. The Morgan fingerprint density at radius 2 is 2.16 bits per heavy atom. The molecule has 3 aromatic heterocycles. The first-order chi connectivity index (χ1) is 15.6. The topological polar surface area (TPSA) is 123 Å². The van der Waals surface area contributed by atoms with E-state index in [9.17, 15) is 4.79 Å². The number of carbonyl (C=O) groups is 1. The molecule has 4 aromatic rings. The van der Waals surface area contributed by atoms with E-state index in [-0.39, 0.29) is 18.1 Å². The van der Waals surface area contributed by atoms with E-state index in [4.69, 9.17) is 4.74 Å². The van der Waals surface area contributed by atoms with Gasteiger partial charge in [0.2, 0.25) is 0 Å². The first-order valence-corrected chi connectivity index (χ1v) is 10.7. The lowest BCUT2D eigenvalue weighted by Gasteiger charge is -2.22. The van der Waals surface area contributed by atoms with Crippen molar-refractivity contribution >= 4 is 39.8 Å². The van der Waals surface area contributed by atoms with Crippen LogP contribution >= 0.6 is 0 Å².